The number of anilines is 1. The number of hydrogen-bond donors (Lipinski definition) is 1. The summed E-state index contributed by atoms with van der Waals surface area (Å²) in [6, 6.07) is 15.3. The molecule has 0 spiro atoms. The van der Waals surface area contributed by atoms with E-state index in [1.54, 1.807) is 11.8 Å². The van der Waals surface area contributed by atoms with Crippen LogP contribution in [0, 0.1) is 0 Å². The maximum Gasteiger partial charge on any atom is 0.228 e. The van der Waals surface area contributed by atoms with Crippen LogP contribution in [0.3, 0.4) is 0 Å². The molecular formula is C19H19BrN4O2. The van der Waals surface area contributed by atoms with E-state index in [9.17, 15) is 4.79 Å². The Morgan fingerprint density at radius 1 is 1.27 bits per heavy atom. The maximum absolute atomic E-state index is 11.6. The second-order valence-electron chi connectivity index (χ2n) is 5.71. The summed E-state index contributed by atoms with van der Waals surface area (Å²) in [6.07, 6.45) is 2.65. The molecule has 0 aliphatic heterocycles. The van der Waals surface area contributed by atoms with Crippen molar-refractivity contribution in [3.8, 4) is 17.0 Å². The van der Waals surface area contributed by atoms with Gasteiger partial charge in [0, 0.05) is 25.4 Å². The van der Waals surface area contributed by atoms with E-state index in [0.717, 1.165) is 39.1 Å². The molecule has 0 radical (unpaired) electrons. The van der Waals surface area contributed by atoms with Crippen LogP contribution in [0.4, 0.5) is 5.69 Å². The fraction of sp³-hybridized carbons (Fsp3) is 0.158. The Hall–Kier alpha value is -2.64. The van der Waals surface area contributed by atoms with Gasteiger partial charge in [0.1, 0.15) is 11.4 Å². The van der Waals surface area contributed by atoms with Gasteiger partial charge in [0.05, 0.1) is 17.3 Å². The van der Waals surface area contributed by atoms with E-state index in [0.29, 0.717) is 6.54 Å². The molecule has 3 rings (SSSR count). The van der Waals surface area contributed by atoms with Gasteiger partial charge in [0.15, 0.2) is 0 Å². The number of halogens is 1. The molecule has 0 aliphatic carbocycles. The van der Waals surface area contributed by atoms with E-state index >= 15 is 0 Å². The van der Waals surface area contributed by atoms with E-state index in [1.165, 1.54) is 5.01 Å². The van der Waals surface area contributed by atoms with Crippen molar-refractivity contribution in [2.75, 3.05) is 12.1 Å². The highest BCUT2D eigenvalue weighted by Crippen LogP contribution is 2.28. The van der Waals surface area contributed by atoms with Gasteiger partial charge < -0.3 is 4.74 Å². The first kappa shape index (κ1) is 18.2. The summed E-state index contributed by atoms with van der Waals surface area (Å²) in [5, 5.41) is 5.91. The standard InChI is InChI=1S/C19H19BrN4O2/c1-23-12-18(20)19(22-23)15-4-3-5-16(10-15)24(13-25)21-11-14-6-8-17(26-2)9-7-14/h3-10,12-13,21H,11H2,1-2H3. The highest BCUT2D eigenvalue weighted by atomic mass is 79.9. The monoisotopic (exact) mass is 414 g/mol. The normalized spacial score (nSPS) is 10.6. The number of aromatic nitrogens is 2. The second kappa shape index (κ2) is 8.16. The molecule has 1 heterocycles. The number of ether oxygens (including phenoxy) is 1. The summed E-state index contributed by atoms with van der Waals surface area (Å²) < 4.78 is 7.80. The third-order valence-electron chi connectivity index (χ3n) is 3.90. The molecule has 0 aliphatic rings. The molecule has 1 N–H and O–H groups in total. The minimum absolute atomic E-state index is 0.514. The fourth-order valence-corrected chi connectivity index (χ4v) is 3.17. The van der Waals surface area contributed by atoms with Crippen molar-refractivity contribution < 1.29 is 9.53 Å². The molecule has 3 aromatic rings. The van der Waals surface area contributed by atoms with Crippen molar-refractivity contribution in [2.45, 2.75) is 6.54 Å². The number of methoxy groups -OCH3 is 1. The van der Waals surface area contributed by atoms with E-state index in [2.05, 4.69) is 26.5 Å². The Morgan fingerprint density at radius 2 is 2.04 bits per heavy atom. The molecule has 26 heavy (non-hydrogen) atoms. The summed E-state index contributed by atoms with van der Waals surface area (Å²) in [6.45, 7) is 0.514. The molecule has 0 bridgehead atoms. The van der Waals surface area contributed by atoms with Crippen LogP contribution in [0.15, 0.2) is 59.2 Å². The molecule has 1 aromatic heterocycles. The lowest BCUT2D eigenvalue weighted by Crippen LogP contribution is -2.36. The van der Waals surface area contributed by atoms with Gasteiger partial charge in [-0.1, -0.05) is 24.3 Å². The smallest absolute Gasteiger partial charge is 0.228 e. The van der Waals surface area contributed by atoms with E-state index in [1.807, 2.05) is 61.8 Å². The predicted molar refractivity (Wildman–Crippen MR) is 105 cm³/mol. The molecule has 6 nitrogen and oxygen atoms in total. The van der Waals surface area contributed by atoms with Crippen LogP contribution in [0.2, 0.25) is 0 Å². The first-order valence-electron chi connectivity index (χ1n) is 8.01. The molecule has 0 atom stereocenters. The van der Waals surface area contributed by atoms with Crippen LogP contribution < -0.4 is 15.2 Å². The lowest BCUT2D eigenvalue weighted by atomic mass is 10.1. The van der Waals surface area contributed by atoms with Gasteiger partial charge in [-0.15, -0.1) is 0 Å². The minimum atomic E-state index is 0.514. The average Bonchev–Trinajstić information content (AvgIpc) is 3.01. The zero-order valence-electron chi connectivity index (χ0n) is 14.5. The second-order valence-corrected chi connectivity index (χ2v) is 6.56. The van der Waals surface area contributed by atoms with Crippen molar-refractivity contribution >= 4 is 28.0 Å². The van der Waals surface area contributed by atoms with Gasteiger partial charge in [-0.05, 0) is 45.8 Å². The maximum atomic E-state index is 11.6. The van der Waals surface area contributed by atoms with Gasteiger partial charge in [-0.25, -0.2) is 10.4 Å². The molecule has 0 fully saturated rings. The summed E-state index contributed by atoms with van der Waals surface area (Å²) in [7, 11) is 3.50. The van der Waals surface area contributed by atoms with Crippen LogP contribution in [0.1, 0.15) is 5.56 Å². The summed E-state index contributed by atoms with van der Waals surface area (Å²) in [4.78, 5) is 11.6. The van der Waals surface area contributed by atoms with E-state index < -0.39 is 0 Å². The Bertz CT molecular complexity index is 893. The van der Waals surface area contributed by atoms with Crippen LogP contribution >= 0.6 is 15.9 Å². The topological polar surface area (TPSA) is 59.4 Å². The van der Waals surface area contributed by atoms with Crippen molar-refractivity contribution in [3.63, 3.8) is 0 Å². The lowest BCUT2D eigenvalue weighted by Gasteiger charge is -2.19. The zero-order chi connectivity index (χ0) is 18.5. The summed E-state index contributed by atoms with van der Waals surface area (Å²) in [5.41, 5.74) is 6.66. The number of rotatable bonds is 7. The highest BCUT2D eigenvalue weighted by Gasteiger charge is 2.11. The third-order valence-corrected chi connectivity index (χ3v) is 4.48. The molecule has 0 saturated heterocycles. The van der Waals surface area contributed by atoms with Gasteiger partial charge >= 0.3 is 0 Å². The average molecular weight is 415 g/mol. The van der Waals surface area contributed by atoms with Crippen molar-refractivity contribution in [2.24, 2.45) is 7.05 Å². The quantitative estimate of drug-likeness (QED) is 0.474. The largest absolute Gasteiger partial charge is 0.497 e. The third kappa shape index (κ3) is 4.12. The first-order chi connectivity index (χ1) is 12.6. The van der Waals surface area contributed by atoms with Crippen LogP contribution in [0.25, 0.3) is 11.3 Å². The fourth-order valence-electron chi connectivity index (χ4n) is 2.57. The molecule has 0 unspecified atom stereocenters. The number of hydrazine groups is 1. The van der Waals surface area contributed by atoms with Crippen molar-refractivity contribution in [1.82, 2.24) is 15.2 Å². The molecule has 0 saturated carbocycles. The Kier molecular flexibility index (Phi) is 5.70. The molecule has 134 valence electrons. The number of carbonyl (C=O) groups is 1. The van der Waals surface area contributed by atoms with E-state index in [4.69, 9.17) is 4.74 Å². The Morgan fingerprint density at radius 3 is 2.65 bits per heavy atom. The minimum Gasteiger partial charge on any atom is -0.497 e. The van der Waals surface area contributed by atoms with E-state index in [-0.39, 0.29) is 0 Å². The SMILES string of the molecule is COc1ccc(CNN(C=O)c2cccc(-c3nn(C)cc3Br)c2)cc1. The van der Waals surface area contributed by atoms with Gasteiger partial charge in [0.25, 0.3) is 0 Å². The Balaban J connectivity index is 1.76. The number of nitrogens with zero attached hydrogens (tertiary/aromatic N) is 3. The number of hydrogen-bond acceptors (Lipinski definition) is 4. The van der Waals surface area contributed by atoms with Crippen LogP contribution in [-0.4, -0.2) is 23.3 Å². The molecule has 7 heteroatoms. The van der Waals surface area contributed by atoms with Gasteiger partial charge in [-0.2, -0.15) is 5.10 Å². The molecular weight excluding hydrogens is 396 g/mol. The van der Waals surface area contributed by atoms with Crippen molar-refractivity contribution in [1.29, 1.82) is 0 Å². The number of carbonyl (C=O) groups excluding carboxylic acids is 1. The van der Waals surface area contributed by atoms with Crippen LogP contribution in [0.5, 0.6) is 5.75 Å². The zero-order valence-corrected chi connectivity index (χ0v) is 16.1. The molecule has 1 amide bonds. The summed E-state index contributed by atoms with van der Waals surface area (Å²) >= 11 is 3.51. The highest BCUT2D eigenvalue weighted by molar-refractivity contribution is 9.10. The van der Waals surface area contributed by atoms with Crippen LogP contribution in [-0.2, 0) is 18.4 Å². The summed E-state index contributed by atoms with van der Waals surface area (Å²) in [5.74, 6) is 0.801. The number of aryl methyl sites for hydroxylation is 1. The van der Waals surface area contributed by atoms with Crippen molar-refractivity contribution in [3.05, 3.63) is 64.8 Å². The predicted octanol–water partition coefficient (Wildman–Crippen LogP) is 3.53. The van der Waals surface area contributed by atoms with Gasteiger partial charge in [0.2, 0.25) is 6.41 Å². The molecule has 2 aromatic carbocycles. The number of nitrogens with one attached hydrogen (secondary N) is 1. The Labute approximate surface area is 160 Å². The lowest BCUT2D eigenvalue weighted by molar-refractivity contribution is -0.108. The van der Waals surface area contributed by atoms with Gasteiger partial charge in [-0.3, -0.25) is 9.48 Å². The first-order valence-corrected chi connectivity index (χ1v) is 8.80. The number of benzene rings is 2. The number of amides is 1.